The molecular weight excluding hydrogens is 315 g/mol. The van der Waals surface area contributed by atoms with Gasteiger partial charge in [0.05, 0.1) is 16.6 Å². The van der Waals surface area contributed by atoms with Crippen LogP contribution in [-0.4, -0.2) is 21.9 Å². The van der Waals surface area contributed by atoms with Crippen LogP contribution in [-0.2, 0) is 7.05 Å². The van der Waals surface area contributed by atoms with Gasteiger partial charge < -0.3 is 9.47 Å². The molecule has 1 atom stereocenters. The fourth-order valence-electron chi connectivity index (χ4n) is 3.30. The summed E-state index contributed by atoms with van der Waals surface area (Å²) in [6, 6.07) is 8.05. The Bertz CT molecular complexity index is 713. The summed E-state index contributed by atoms with van der Waals surface area (Å²) in [5, 5.41) is 0.171. The van der Waals surface area contributed by atoms with E-state index in [9.17, 15) is 9.18 Å². The third kappa shape index (κ3) is 3.27. The van der Waals surface area contributed by atoms with Gasteiger partial charge in [-0.3, -0.25) is 4.79 Å². The van der Waals surface area contributed by atoms with E-state index in [-0.39, 0.29) is 17.0 Å². The topological polar surface area (TPSA) is 25.2 Å². The molecular formula is C18H20ClFN2O. The lowest BCUT2D eigenvalue weighted by molar-refractivity contribution is 0.0674. The second-order valence-electron chi connectivity index (χ2n) is 6.03. The lowest BCUT2D eigenvalue weighted by Gasteiger charge is -2.31. The Kier molecular flexibility index (Phi) is 4.71. The highest BCUT2D eigenvalue weighted by Gasteiger charge is 2.29. The van der Waals surface area contributed by atoms with Crippen LogP contribution in [0.1, 0.15) is 47.8 Å². The van der Waals surface area contributed by atoms with Gasteiger partial charge in [-0.25, -0.2) is 4.39 Å². The van der Waals surface area contributed by atoms with Crippen LogP contribution < -0.4 is 0 Å². The van der Waals surface area contributed by atoms with Crippen molar-refractivity contribution in [3.63, 3.8) is 0 Å². The van der Waals surface area contributed by atoms with Gasteiger partial charge in [-0.05, 0) is 43.2 Å². The quantitative estimate of drug-likeness (QED) is 0.789. The molecule has 1 amide bonds. The average Bonchev–Trinajstić information content (AvgIpc) is 2.80. The molecule has 0 spiro atoms. The molecule has 122 valence electrons. The van der Waals surface area contributed by atoms with Crippen LogP contribution in [0.25, 0.3) is 0 Å². The molecule has 0 saturated carbocycles. The van der Waals surface area contributed by atoms with Crippen LogP contribution in [0.4, 0.5) is 4.39 Å². The van der Waals surface area contributed by atoms with E-state index in [2.05, 4.69) is 10.6 Å². The van der Waals surface area contributed by atoms with Crippen molar-refractivity contribution in [1.82, 2.24) is 9.47 Å². The van der Waals surface area contributed by atoms with Gasteiger partial charge in [-0.2, -0.15) is 0 Å². The summed E-state index contributed by atoms with van der Waals surface area (Å²) in [4.78, 5) is 14.9. The molecule has 1 aromatic carbocycles. The highest BCUT2D eigenvalue weighted by molar-refractivity contribution is 6.33. The first-order chi connectivity index (χ1) is 11.1. The van der Waals surface area contributed by atoms with E-state index >= 15 is 0 Å². The second kappa shape index (κ2) is 6.75. The van der Waals surface area contributed by atoms with Crippen molar-refractivity contribution in [3.8, 4) is 0 Å². The SMILES string of the molecule is Cn1cccc1[C@@H]1CCCCCN1C(=O)c1ccc(F)cc1Cl. The van der Waals surface area contributed by atoms with Crippen molar-refractivity contribution in [2.45, 2.75) is 31.7 Å². The largest absolute Gasteiger partial charge is 0.353 e. The van der Waals surface area contributed by atoms with Gasteiger partial charge in [0.15, 0.2) is 0 Å². The molecule has 3 rings (SSSR count). The van der Waals surface area contributed by atoms with Crippen LogP contribution >= 0.6 is 11.6 Å². The van der Waals surface area contributed by atoms with Gasteiger partial charge in [0.2, 0.25) is 0 Å². The molecule has 1 aromatic heterocycles. The van der Waals surface area contributed by atoms with Crippen molar-refractivity contribution < 1.29 is 9.18 Å². The zero-order valence-corrected chi connectivity index (χ0v) is 13.9. The summed E-state index contributed by atoms with van der Waals surface area (Å²) < 4.78 is 15.3. The lowest BCUT2D eigenvalue weighted by atomic mass is 10.1. The molecule has 23 heavy (non-hydrogen) atoms. The summed E-state index contributed by atoms with van der Waals surface area (Å²) in [6.45, 7) is 0.697. The van der Waals surface area contributed by atoms with Gasteiger partial charge in [0, 0.05) is 25.5 Å². The summed E-state index contributed by atoms with van der Waals surface area (Å²) in [6.07, 6.45) is 6.11. The smallest absolute Gasteiger partial charge is 0.255 e. The van der Waals surface area contributed by atoms with Gasteiger partial charge in [-0.15, -0.1) is 0 Å². The normalized spacial score (nSPS) is 18.7. The van der Waals surface area contributed by atoms with E-state index < -0.39 is 5.82 Å². The molecule has 1 aliphatic rings. The van der Waals surface area contributed by atoms with Crippen molar-refractivity contribution in [3.05, 3.63) is 58.6 Å². The van der Waals surface area contributed by atoms with Crippen molar-refractivity contribution in [2.75, 3.05) is 6.54 Å². The Morgan fingerprint density at radius 2 is 2.09 bits per heavy atom. The molecule has 1 aliphatic heterocycles. The Balaban J connectivity index is 1.96. The van der Waals surface area contributed by atoms with E-state index in [0.29, 0.717) is 12.1 Å². The van der Waals surface area contributed by atoms with Crippen molar-refractivity contribution >= 4 is 17.5 Å². The number of nitrogens with zero attached hydrogens (tertiary/aromatic N) is 2. The first kappa shape index (κ1) is 16.1. The van der Waals surface area contributed by atoms with Crippen molar-refractivity contribution in [1.29, 1.82) is 0 Å². The van der Waals surface area contributed by atoms with Crippen LogP contribution in [0.2, 0.25) is 5.02 Å². The van der Waals surface area contributed by atoms with E-state index in [1.165, 1.54) is 18.2 Å². The van der Waals surface area contributed by atoms with Gasteiger partial charge >= 0.3 is 0 Å². The van der Waals surface area contributed by atoms with E-state index in [1.54, 1.807) is 0 Å². The number of amides is 1. The molecule has 3 nitrogen and oxygen atoms in total. The first-order valence-electron chi connectivity index (χ1n) is 7.95. The number of carbonyl (C=O) groups is 1. The lowest BCUT2D eigenvalue weighted by Crippen LogP contribution is -2.35. The third-order valence-electron chi connectivity index (χ3n) is 4.50. The maximum absolute atomic E-state index is 13.3. The van der Waals surface area contributed by atoms with Crippen LogP contribution in [0.3, 0.4) is 0 Å². The predicted octanol–water partition coefficient (Wildman–Crippen LogP) is 4.58. The highest BCUT2D eigenvalue weighted by Crippen LogP contribution is 2.32. The van der Waals surface area contributed by atoms with Crippen LogP contribution in [0.15, 0.2) is 36.5 Å². The maximum Gasteiger partial charge on any atom is 0.255 e. The van der Waals surface area contributed by atoms with E-state index in [0.717, 1.165) is 31.4 Å². The number of benzene rings is 1. The standard InChI is InChI=1S/C18H20ClFN2O/c1-21-10-5-7-16(21)17-6-3-2-4-11-22(17)18(23)14-9-8-13(20)12-15(14)19/h5,7-10,12,17H,2-4,6,11H2,1H3/t17-/m0/s1. The minimum atomic E-state index is -0.429. The van der Waals surface area contributed by atoms with E-state index in [1.807, 2.05) is 24.2 Å². The van der Waals surface area contributed by atoms with Crippen molar-refractivity contribution in [2.24, 2.45) is 7.05 Å². The number of hydrogen-bond acceptors (Lipinski definition) is 1. The summed E-state index contributed by atoms with van der Waals surface area (Å²) in [7, 11) is 1.99. The Labute approximate surface area is 140 Å². The monoisotopic (exact) mass is 334 g/mol. The molecule has 0 unspecified atom stereocenters. The fourth-order valence-corrected chi connectivity index (χ4v) is 3.55. The van der Waals surface area contributed by atoms with Gasteiger partial charge in [0.25, 0.3) is 5.91 Å². The second-order valence-corrected chi connectivity index (χ2v) is 6.44. The number of hydrogen-bond donors (Lipinski definition) is 0. The Morgan fingerprint density at radius 3 is 2.78 bits per heavy atom. The summed E-state index contributed by atoms with van der Waals surface area (Å²) in [5.74, 6) is -0.551. The Hall–Kier alpha value is -1.81. The number of aryl methyl sites for hydroxylation is 1. The maximum atomic E-state index is 13.3. The third-order valence-corrected chi connectivity index (χ3v) is 4.81. The number of halogens is 2. The van der Waals surface area contributed by atoms with Gasteiger partial charge in [-0.1, -0.05) is 24.4 Å². The number of aromatic nitrogens is 1. The molecule has 0 radical (unpaired) electrons. The molecule has 0 bridgehead atoms. The highest BCUT2D eigenvalue weighted by atomic mass is 35.5. The number of rotatable bonds is 2. The molecule has 0 aliphatic carbocycles. The summed E-state index contributed by atoms with van der Waals surface area (Å²) in [5.41, 5.74) is 1.49. The van der Waals surface area contributed by atoms with Crippen LogP contribution in [0.5, 0.6) is 0 Å². The molecule has 5 heteroatoms. The first-order valence-corrected chi connectivity index (χ1v) is 8.33. The van der Waals surface area contributed by atoms with Gasteiger partial charge in [0.1, 0.15) is 5.82 Å². The minimum absolute atomic E-state index is 0.0334. The number of carbonyl (C=O) groups excluding carboxylic acids is 1. The molecule has 2 aromatic rings. The zero-order chi connectivity index (χ0) is 16.4. The fraction of sp³-hybridized carbons (Fsp3) is 0.389. The predicted molar refractivity (Wildman–Crippen MR) is 89.1 cm³/mol. The molecule has 2 heterocycles. The van der Waals surface area contributed by atoms with E-state index in [4.69, 9.17) is 11.6 Å². The summed E-state index contributed by atoms with van der Waals surface area (Å²) >= 11 is 6.10. The average molecular weight is 335 g/mol. The van der Waals surface area contributed by atoms with Crippen LogP contribution in [0, 0.1) is 5.82 Å². The molecule has 1 fully saturated rings. The zero-order valence-electron chi connectivity index (χ0n) is 13.1. The molecule has 0 N–H and O–H groups in total. The Morgan fingerprint density at radius 1 is 1.26 bits per heavy atom. The molecule has 1 saturated heterocycles. The minimum Gasteiger partial charge on any atom is -0.353 e. The number of likely N-dealkylation sites (tertiary alicyclic amines) is 1.